The van der Waals surface area contributed by atoms with Crippen LogP contribution in [0.25, 0.3) is 0 Å². The number of nitro groups is 1. The number of carbonyl (C=O) groups excluding carboxylic acids is 1. The number of rotatable bonds is 4. The zero-order valence-electron chi connectivity index (χ0n) is 9.55. The van der Waals surface area contributed by atoms with Gasteiger partial charge in [0.2, 0.25) is 0 Å². The Balaban J connectivity index is 3.05. The topological polar surface area (TPSA) is 72.2 Å². The minimum absolute atomic E-state index is 0.535. The molecule has 9 heteroatoms. The normalized spacial score (nSPS) is 11.2. The average Bonchev–Trinajstić information content (AvgIpc) is 2.28. The predicted octanol–water partition coefficient (Wildman–Crippen LogP) is 2.77. The van der Waals surface area contributed by atoms with Crippen molar-refractivity contribution in [2.75, 3.05) is 6.54 Å². The van der Waals surface area contributed by atoms with Crippen LogP contribution in [0.4, 0.5) is 18.9 Å². The van der Waals surface area contributed by atoms with Crippen molar-refractivity contribution in [2.24, 2.45) is 0 Å². The molecule has 0 aliphatic rings. The van der Waals surface area contributed by atoms with Crippen molar-refractivity contribution in [1.82, 2.24) is 5.32 Å². The Morgan fingerprint density at radius 3 is 2.58 bits per heavy atom. The summed E-state index contributed by atoms with van der Waals surface area (Å²) in [6.45, 7) is -0.421. The molecule has 1 rings (SSSR count). The van der Waals surface area contributed by atoms with Crippen LogP contribution in [-0.4, -0.2) is 23.3 Å². The smallest absolute Gasteiger partial charge is 0.273 e. The van der Waals surface area contributed by atoms with Crippen molar-refractivity contribution in [3.63, 3.8) is 0 Å². The van der Waals surface area contributed by atoms with Crippen molar-refractivity contribution < 1.29 is 22.9 Å². The van der Waals surface area contributed by atoms with Crippen molar-refractivity contribution in [1.29, 1.82) is 0 Å². The summed E-state index contributed by atoms with van der Waals surface area (Å²) >= 11 is 5.47. The molecule has 0 radical (unpaired) electrons. The van der Waals surface area contributed by atoms with Gasteiger partial charge in [-0.1, -0.05) is 11.6 Å². The number of alkyl halides is 2. The Kier molecular flexibility index (Phi) is 4.35. The van der Waals surface area contributed by atoms with Crippen LogP contribution >= 0.6 is 11.6 Å². The summed E-state index contributed by atoms with van der Waals surface area (Å²) in [5.74, 6) is -5.46. The Labute approximate surface area is 110 Å². The number of nitrogens with zero attached hydrogens (tertiary/aromatic N) is 1. The predicted molar refractivity (Wildman–Crippen MR) is 61.0 cm³/mol. The van der Waals surface area contributed by atoms with Gasteiger partial charge in [-0.05, 0) is 0 Å². The van der Waals surface area contributed by atoms with E-state index in [-0.39, 0.29) is 0 Å². The van der Waals surface area contributed by atoms with Crippen molar-refractivity contribution in [3.05, 3.63) is 38.7 Å². The van der Waals surface area contributed by atoms with Gasteiger partial charge < -0.3 is 5.32 Å². The summed E-state index contributed by atoms with van der Waals surface area (Å²) < 4.78 is 38.4. The van der Waals surface area contributed by atoms with E-state index in [2.05, 4.69) is 0 Å². The van der Waals surface area contributed by atoms with Gasteiger partial charge in [0.25, 0.3) is 17.5 Å². The molecule has 1 aromatic rings. The number of non-ortho nitro benzene ring substituents is 1. The molecule has 19 heavy (non-hydrogen) atoms. The zero-order valence-corrected chi connectivity index (χ0v) is 10.3. The number of benzene rings is 1. The Morgan fingerprint density at radius 2 is 2.11 bits per heavy atom. The molecule has 0 fully saturated rings. The molecule has 0 aliphatic heterocycles. The van der Waals surface area contributed by atoms with Gasteiger partial charge in [-0.25, -0.2) is 13.2 Å². The molecule has 104 valence electrons. The number of amides is 1. The van der Waals surface area contributed by atoms with Crippen LogP contribution < -0.4 is 5.32 Å². The molecular weight excluding hydrogens is 289 g/mol. The fourth-order valence-electron chi connectivity index (χ4n) is 1.18. The molecule has 0 saturated heterocycles. The first-order chi connectivity index (χ1) is 8.61. The van der Waals surface area contributed by atoms with Crippen LogP contribution in [0.5, 0.6) is 0 Å². The largest absolute Gasteiger partial charge is 0.346 e. The molecule has 0 aliphatic carbocycles. The number of nitro benzene ring substituents is 1. The standard InChI is InChI=1S/C10H8ClF3N2O3/c1-10(13,14)4-15-9(17)6-2-5(16(18)19)3-7(12)8(6)11/h2-3H,4H2,1H3,(H,15,17). The highest BCUT2D eigenvalue weighted by Crippen LogP contribution is 2.26. The Hall–Kier alpha value is -1.83. The number of nitrogens with one attached hydrogen (secondary N) is 1. The van der Waals surface area contributed by atoms with Crippen LogP contribution in [-0.2, 0) is 0 Å². The monoisotopic (exact) mass is 296 g/mol. The van der Waals surface area contributed by atoms with Crippen LogP contribution in [0, 0.1) is 15.9 Å². The molecule has 0 heterocycles. The summed E-state index contributed by atoms with van der Waals surface area (Å²) in [6, 6.07) is 1.25. The molecule has 1 N–H and O–H groups in total. The van der Waals surface area contributed by atoms with E-state index in [9.17, 15) is 28.1 Å². The molecule has 0 atom stereocenters. The third-order valence-electron chi connectivity index (χ3n) is 2.03. The molecule has 0 unspecified atom stereocenters. The quantitative estimate of drug-likeness (QED) is 0.686. The average molecular weight is 297 g/mol. The van der Waals surface area contributed by atoms with Crippen molar-refractivity contribution in [3.8, 4) is 0 Å². The van der Waals surface area contributed by atoms with E-state index < -0.39 is 45.4 Å². The van der Waals surface area contributed by atoms with E-state index in [4.69, 9.17) is 11.6 Å². The minimum atomic E-state index is -3.17. The lowest BCUT2D eigenvalue weighted by Crippen LogP contribution is -2.34. The third kappa shape index (κ3) is 4.09. The first-order valence-corrected chi connectivity index (χ1v) is 5.29. The van der Waals surface area contributed by atoms with Gasteiger partial charge in [-0.15, -0.1) is 0 Å². The third-order valence-corrected chi connectivity index (χ3v) is 2.41. The molecule has 1 amide bonds. The van der Waals surface area contributed by atoms with E-state index in [0.717, 1.165) is 0 Å². The van der Waals surface area contributed by atoms with Gasteiger partial charge in [0, 0.05) is 13.0 Å². The molecule has 0 aromatic heterocycles. The van der Waals surface area contributed by atoms with Gasteiger partial charge >= 0.3 is 0 Å². The second-order valence-electron chi connectivity index (χ2n) is 3.80. The second kappa shape index (κ2) is 5.43. The number of halogens is 4. The fraction of sp³-hybridized carbons (Fsp3) is 0.300. The van der Waals surface area contributed by atoms with Gasteiger partial charge in [0.05, 0.1) is 28.1 Å². The summed E-state index contributed by atoms with van der Waals surface area (Å²) in [7, 11) is 0. The second-order valence-corrected chi connectivity index (χ2v) is 4.18. The van der Waals surface area contributed by atoms with Crippen LogP contribution in [0.2, 0.25) is 5.02 Å². The molecule has 0 spiro atoms. The molecule has 5 nitrogen and oxygen atoms in total. The Morgan fingerprint density at radius 1 is 1.53 bits per heavy atom. The lowest BCUT2D eigenvalue weighted by atomic mass is 10.1. The molecule has 1 aromatic carbocycles. The van der Waals surface area contributed by atoms with E-state index in [1.54, 1.807) is 0 Å². The summed E-state index contributed by atoms with van der Waals surface area (Å²) in [6.07, 6.45) is 0. The molecular formula is C10H8ClF3N2O3. The number of hydrogen-bond donors (Lipinski definition) is 1. The first-order valence-electron chi connectivity index (χ1n) is 4.91. The van der Waals surface area contributed by atoms with E-state index in [0.29, 0.717) is 19.1 Å². The van der Waals surface area contributed by atoms with Gasteiger partial charge in [0.1, 0.15) is 5.82 Å². The van der Waals surface area contributed by atoms with Crippen LogP contribution in [0.1, 0.15) is 17.3 Å². The van der Waals surface area contributed by atoms with Crippen LogP contribution in [0.15, 0.2) is 12.1 Å². The van der Waals surface area contributed by atoms with E-state index in [1.807, 2.05) is 5.32 Å². The molecule has 0 saturated carbocycles. The highest BCUT2D eigenvalue weighted by molar-refractivity contribution is 6.34. The zero-order chi connectivity index (χ0) is 14.8. The lowest BCUT2D eigenvalue weighted by Gasteiger charge is -2.12. The van der Waals surface area contributed by atoms with Gasteiger partial charge in [-0.2, -0.15) is 0 Å². The van der Waals surface area contributed by atoms with Gasteiger partial charge in [-0.3, -0.25) is 14.9 Å². The maximum Gasteiger partial charge on any atom is 0.273 e. The lowest BCUT2D eigenvalue weighted by molar-refractivity contribution is -0.385. The van der Waals surface area contributed by atoms with Crippen LogP contribution in [0.3, 0.4) is 0 Å². The summed E-state index contributed by atoms with van der Waals surface area (Å²) in [4.78, 5) is 21.1. The summed E-state index contributed by atoms with van der Waals surface area (Å²) in [5.41, 5.74) is -1.27. The van der Waals surface area contributed by atoms with E-state index >= 15 is 0 Å². The maximum absolute atomic E-state index is 13.3. The highest BCUT2D eigenvalue weighted by Gasteiger charge is 2.25. The van der Waals surface area contributed by atoms with Gasteiger partial charge in [0.15, 0.2) is 0 Å². The van der Waals surface area contributed by atoms with Crippen molar-refractivity contribution >= 4 is 23.2 Å². The molecule has 0 bridgehead atoms. The highest BCUT2D eigenvalue weighted by atomic mass is 35.5. The SMILES string of the molecule is CC(F)(F)CNC(=O)c1cc([N+](=O)[O-])cc(F)c1Cl. The van der Waals surface area contributed by atoms with Crippen molar-refractivity contribution in [2.45, 2.75) is 12.8 Å². The Bertz CT molecular complexity index is 531. The van der Waals surface area contributed by atoms with E-state index in [1.165, 1.54) is 0 Å². The summed E-state index contributed by atoms with van der Waals surface area (Å²) in [5, 5.41) is 11.6. The number of hydrogen-bond acceptors (Lipinski definition) is 3. The number of carbonyl (C=O) groups is 1. The minimum Gasteiger partial charge on any atom is -0.346 e. The fourth-order valence-corrected chi connectivity index (χ4v) is 1.37. The maximum atomic E-state index is 13.3. The first kappa shape index (κ1) is 15.2.